The van der Waals surface area contributed by atoms with Crippen LogP contribution in [0.2, 0.25) is 0 Å². The molecular weight excluding hydrogens is 654 g/mol. The van der Waals surface area contributed by atoms with Crippen molar-refractivity contribution in [3.05, 3.63) is 35.9 Å². The zero-order chi connectivity index (χ0) is 36.0. The average Bonchev–Trinajstić information content (AvgIpc) is 3.14. The normalized spacial score (nSPS) is 12.5. The van der Waals surface area contributed by atoms with Crippen molar-refractivity contribution in [2.45, 2.75) is 206 Å². The average molecular weight is 739 g/mol. The van der Waals surface area contributed by atoms with Crippen molar-refractivity contribution < 1.29 is 14.3 Å². The highest BCUT2D eigenvalue weighted by atomic mass is 35.5. The number of carbonyl (C=O) groups is 1. The number of unbranched alkanes of at least 4 members (excludes halogenated alkanes) is 23. The summed E-state index contributed by atoms with van der Waals surface area (Å²) in [7, 11) is 0. The van der Waals surface area contributed by atoms with Crippen molar-refractivity contribution in [1.29, 1.82) is 0 Å². The molecule has 0 aliphatic heterocycles. The van der Waals surface area contributed by atoms with Crippen molar-refractivity contribution in [2.24, 2.45) is 5.73 Å². The monoisotopic (exact) mass is 738 g/mol. The first-order chi connectivity index (χ1) is 24.7. The van der Waals surface area contributed by atoms with Crippen molar-refractivity contribution in [3.63, 3.8) is 0 Å². The Labute approximate surface area is 322 Å². The quantitative estimate of drug-likeness (QED) is 0.0586. The summed E-state index contributed by atoms with van der Waals surface area (Å²) in [5.74, 6) is 0.0397. The van der Waals surface area contributed by atoms with E-state index in [1.807, 2.05) is 18.2 Å². The van der Waals surface area contributed by atoms with Crippen LogP contribution in [0.25, 0.3) is 0 Å². The zero-order valence-corrected chi connectivity index (χ0v) is 34.4. The Morgan fingerprint density at radius 2 is 1.10 bits per heavy atom. The molecule has 0 saturated heterocycles. The Balaban J connectivity index is 0.0000250. The Bertz CT molecular complexity index is 831. The summed E-state index contributed by atoms with van der Waals surface area (Å²) >= 11 is 0. The SMILES string of the molecule is CCCCCCCCCCCCCCOCC(CNC(=O)[C@@H](CCCCN)NCc1ccccc1)OCCCCCCCCCCCCCC.Cl. The molecule has 2 atom stereocenters. The summed E-state index contributed by atoms with van der Waals surface area (Å²) in [6.45, 7) is 8.40. The van der Waals surface area contributed by atoms with E-state index in [4.69, 9.17) is 15.2 Å². The van der Waals surface area contributed by atoms with Crippen LogP contribution in [0.15, 0.2) is 30.3 Å². The Morgan fingerprint density at radius 1 is 0.627 bits per heavy atom. The lowest BCUT2D eigenvalue weighted by Crippen LogP contribution is -2.47. The molecule has 1 unspecified atom stereocenters. The fourth-order valence-corrected chi connectivity index (χ4v) is 6.61. The number of hydrogen-bond donors (Lipinski definition) is 3. The maximum Gasteiger partial charge on any atom is 0.237 e. The number of hydrogen-bond acceptors (Lipinski definition) is 5. The van der Waals surface area contributed by atoms with Gasteiger partial charge < -0.3 is 25.8 Å². The molecule has 0 aliphatic carbocycles. The lowest BCUT2D eigenvalue weighted by Gasteiger charge is -2.22. The number of ether oxygens (including phenoxy) is 2. The molecule has 0 radical (unpaired) electrons. The number of nitrogens with one attached hydrogen (secondary N) is 2. The van der Waals surface area contributed by atoms with Crippen LogP contribution >= 0.6 is 12.4 Å². The molecular formula is C44H84ClN3O3. The highest BCUT2D eigenvalue weighted by Crippen LogP contribution is 2.14. The first-order valence-electron chi connectivity index (χ1n) is 21.7. The van der Waals surface area contributed by atoms with Gasteiger partial charge in [-0.1, -0.05) is 192 Å². The minimum absolute atomic E-state index is 0. The topological polar surface area (TPSA) is 85.6 Å². The third-order valence-corrected chi connectivity index (χ3v) is 9.96. The zero-order valence-electron chi connectivity index (χ0n) is 33.6. The van der Waals surface area contributed by atoms with E-state index in [0.717, 1.165) is 45.3 Å². The van der Waals surface area contributed by atoms with Crippen LogP contribution in [0, 0.1) is 0 Å². The van der Waals surface area contributed by atoms with Crippen molar-refractivity contribution in [2.75, 3.05) is 32.9 Å². The molecule has 0 fully saturated rings. The Hall–Kier alpha value is -1.18. The molecule has 1 amide bonds. The lowest BCUT2D eigenvalue weighted by molar-refractivity contribution is -0.124. The van der Waals surface area contributed by atoms with Crippen LogP contribution < -0.4 is 16.4 Å². The van der Waals surface area contributed by atoms with Gasteiger partial charge >= 0.3 is 0 Å². The van der Waals surface area contributed by atoms with E-state index >= 15 is 0 Å². The molecule has 6 nitrogen and oxygen atoms in total. The molecule has 1 rings (SSSR count). The Morgan fingerprint density at radius 3 is 1.59 bits per heavy atom. The maximum atomic E-state index is 13.4. The van der Waals surface area contributed by atoms with Crippen LogP contribution in [0.5, 0.6) is 0 Å². The van der Waals surface area contributed by atoms with Crippen molar-refractivity contribution >= 4 is 18.3 Å². The van der Waals surface area contributed by atoms with Crippen LogP contribution in [-0.4, -0.2) is 51.0 Å². The van der Waals surface area contributed by atoms with Crippen LogP contribution in [0.1, 0.15) is 193 Å². The van der Waals surface area contributed by atoms with E-state index in [2.05, 4.69) is 36.6 Å². The van der Waals surface area contributed by atoms with E-state index < -0.39 is 0 Å². The number of benzene rings is 1. The highest BCUT2D eigenvalue weighted by Gasteiger charge is 2.19. The van der Waals surface area contributed by atoms with E-state index in [-0.39, 0.29) is 30.5 Å². The summed E-state index contributed by atoms with van der Waals surface area (Å²) in [5, 5.41) is 6.69. The van der Waals surface area contributed by atoms with E-state index in [0.29, 0.717) is 26.2 Å². The molecule has 51 heavy (non-hydrogen) atoms. The van der Waals surface area contributed by atoms with Gasteiger partial charge in [0.2, 0.25) is 5.91 Å². The molecule has 0 spiro atoms. The number of carbonyl (C=O) groups excluding carboxylic acids is 1. The standard InChI is InChI=1S/C44H83N3O3.ClH/c1-3-5-7-9-11-13-15-17-19-21-23-30-36-49-40-42(50-37-31-24-22-20-18-16-14-12-10-8-6-4-2)39-47-44(48)43(34-28-29-35-45)46-38-41-32-26-25-27-33-41;/h25-27,32-33,42-43,46H,3-24,28-31,34-40,45H2,1-2H3,(H,47,48);1H/t42?,43-;/m1./s1. The highest BCUT2D eigenvalue weighted by molar-refractivity contribution is 5.85. The smallest absolute Gasteiger partial charge is 0.237 e. The number of nitrogens with two attached hydrogens (primary N) is 1. The summed E-state index contributed by atoms with van der Waals surface area (Å²) in [5.41, 5.74) is 6.93. The summed E-state index contributed by atoms with van der Waals surface area (Å²) in [4.78, 5) is 13.4. The molecule has 4 N–H and O–H groups in total. The molecule has 0 aromatic heterocycles. The third kappa shape index (κ3) is 33.1. The van der Waals surface area contributed by atoms with Crippen LogP contribution in [0.4, 0.5) is 0 Å². The molecule has 1 aromatic rings. The lowest BCUT2D eigenvalue weighted by atomic mass is 10.1. The van der Waals surface area contributed by atoms with Crippen LogP contribution in [-0.2, 0) is 20.8 Å². The van der Waals surface area contributed by atoms with E-state index in [9.17, 15) is 4.79 Å². The maximum absolute atomic E-state index is 13.4. The minimum Gasteiger partial charge on any atom is -0.379 e. The number of halogens is 1. The van der Waals surface area contributed by atoms with E-state index in [1.165, 1.54) is 147 Å². The second-order valence-corrected chi connectivity index (χ2v) is 14.8. The van der Waals surface area contributed by atoms with Gasteiger partial charge in [0.25, 0.3) is 0 Å². The molecule has 0 bridgehead atoms. The fourth-order valence-electron chi connectivity index (χ4n) is 6.61. The van der Waals surface area contributed by atoms with Gasteiger partial charge in [0.15, 0.2) is 0 Å². The summed E-state index contributed by atoms with van der Waals surface area (Å²) in [6.07, 6.45) is 34.6. The minimum atomic E-state index is -0.249. The Kier molecular flexibility index (Phi) is 39.1. The van der Waals surface area contributed by atoms with Gasteiger partial charge in [-0.2, -0.15) is 0 Å². The molecule has 0 saturated carbocycles. The first kappa shape index (κ1) is 49.8. The molecule has 1 aromatic carbocycles. The second-order valence-electron chi connectivity index (χ2n) is 14.8. The number of rotatable bonds is 39. The van der Waals surface area contributed by atoms with Gasteiger partial charge in [-0.15, -0.1) is 12.4 Å². The van der Waals surface area contributed by atoms with E-state index in [1.54, 1.807) is 0 Å². The van der Waals surface area contributed by atoms with Crippen molar-refractivity contribution in [1.82, 2.24) is 10.6 Å². The van der Waals surface area contributed by atoms with Gasteiger partial charge in [0.05, 0.1) is 18.8 Å². The molecule has 7 heteroatoms. The number of amides is 1. The predicted molar refractivity (Wildman–Crippen MR) is 223 cm³/mol. The van der Waals surface area contributed by atoms with Gasteiger partial charge in [-0.25, -0.2) is 0 Å². The molecule has 0 heterocycles. The fraction of sp³-hybridized carbons (Fsp3) is 0.841. The van der Waals surface area contributed by atoms with Gasteiger partial charge in [0, 0.05) is 26.3 Å². The van der Waals surface area contributed by atoms with Gasteiger partial charge in [-0.3, -0.25) is 4.79 Å². The summed E-state index contributed by atoms with van der Waals surface area (Å²) in [6, 6.07) is 10.0. The van der Waals surface area contributed by atoms with Crippen molar-refractivity contribution in [3.8, 4) is 0 Å². The second kappa shape index (κ2) is 40.0. The molecule has 0 aliphatic rings. The third-order valence-electron chi connectivity index (χ3n) is 9.96. The van der Waals surface area contributed by atoms with Gasteiger partial charge in [0.1, 0.15) is 0 Å². The predicted octanol–water partition coefficient (Wildman–Crippen LogP) is 11.6. The van der Waals surface area contributed by atoms with Crippen LogP contribution in [0.3, 0.4) is 0 Å². The largest absolute Gasteiger partial charge is 0.379 e. The first-order valence-corrected chi connectivity index (χ1v) is 21.7. The van der Waals surface area contributed by atoms with Gasteiger partial charge in [-0.05, 0) is 37.8 Å². The molecule has 300 valence electrons. The summed E-state index contributed by atoms with van der Waals surface area (Å²) < 4.78 is 12.5.